The summed E-state index contributed by atoms with van der Waals surface area (Å²) in [4.78, 5) is 15.0. The van der Waals surface area contributed by atoms with E-state index in [4.69, 9.17) is 5.73 Å². The fourth-order valence-corrected chi connectivity index (χ4v) is 1.64. The summed E-state index contributed by atoms with van der Waals surface area (Å²) in [6, 6.07) is 6.66. The van der Waals surface area contributed by atoms with Crippen molar-refractivity contribution in [1.29, 1.82) is 0 Å². The van der Waals surface area contributed by atoms with Gasteiger partial charge >= 0.3 is 0 Å². The average Bonchev–Trinajstić information content (AvgIpc) is 2.41. The van der Waals surface area contributed by atoms with E-state index < -0.39 is 11.9 Å². The number of pyridine rings is 1. The van der Waals surface area contributed by atoms with Gasteiger partial charge in [0.2, 0.25) is 5.91 Å². The van der Waals surface area contributed by atoms with E-state index in [1.807, 2.05) is 0 Å². The largest absolute Gasteiger partial charge is 0.504 e. The number of primary amides is 1. The average molecular weight is 275 g/mol. The van der Waals surface area contributed by atoms with Crippen molar-refractivity contribution in [2.24, 2.45) is 5.73 Å². The molecule has 0 aliphatic heterocycles. The predicted molar refractivity (Wildman–Crippen MR) is 73.6 cm³/mol. The van der Waals surface area contributed by atoms with Gasteiger partial charge in [-0.1, -0.05) is 12.1 Å². The van der Waals surface area contributed by atoms with Crippen molar-refractivity contribution in [2.75, 3.05) is 5.32 Å². The Hall–Kier alpha value is -2.63. The number of carbonyl (C=O) groups excluding carboxylic acids is 1. The maximum atomic E-state index is 12.8. The SMILES string of the molecule is CC(Nc1ncc(-c2ccc(F)cc2)cc1O)C(N)=O. The number of nitrogens with zero attached hydrogens (tertiary/aromatic N) is 1. The van der Waals surface area contributed by atoms with Gasteiger partial charge in [0.1, 0.15) is 11.9 Å². The molecule has 6 heteroatoms. The number of aromatic nitrogens is 1. The topological polar surface area (TPSA) is 88.2 Å². The summed E-state index contributed by atoms with van der Waals surface area (Å²) in [6.45, 7) is 1.57. The third-order valence-corrected chi connectivity index (χ3v) is 2.83. The molecule has 0 spiro atoms. The van der Waals surface area contributed by atoms with Gasteiger partial charge in [-0.05, 0) is 30.7 Å². The van der Waals surface area contributed by atoms with Gasteiger partial charge in [0.05, 0.1) is 0 Å². The Kier molecular flexibility index (Phi) is 3.84. The highest BCUT2D eigenvalue weighted by atomic mass is 19.1. The molecule has 2 rings (SSSR count). The zero-order chi connectivity index (χ0) is 14.7. The first kappa shape index (κ1) is 13.8. The molecular formula is C14H14FN3O2. The highest BCUT2D eigenvalue weighted by molar-refractivity contribution is 5.82. The third kappa shape index (κ3) is 3.03. The van der Waals surface area contributed by atoms with Crippen molar-refractivity contribution in [3.63, 3.8) is 0 Å². The lowest BCUT2D eigenvalue weighted by Crippen LogP contribution is -2.32. The third-order valence-electron chi connectivity index (χ3n) is 2.83. The minimum atomic E-state index is -0.648. The van der Waals surface area contributed by atoms with Crippen LogP contribution in [0.25, 0.3) is 11.1 Å². The lowest BCUT2D eigenvalue weighted by Gasteiger charge is -2.12. The lowest BCUT2D eigenvalue weighted by molar-refractivity contribution is -0.118. The number of amides is 1. The quantitative estimate of drug-likeness (QED) is 0.795. The first-order valence-electron chi connectivity index (χ1n) is 5.98. The van der Waals surface area contributed by atoms with E-state index in [0.717, 1.165) is 5.56 Å². The summed E-state index contributed by atoms with van der Waals surface area (Å²) in [7, 11) is 0. The number of aromatic hydroxyl groups is 1. The summed E-state index contributed by atoms with van der Waals surface area (Å²) in [5.41, 5.74) is 6.49. The van der Waals surface area contributed by atoms with E-state index in [2.05, 4.69) is 10.3 Å². The number of rotatable bonds is 4. The first-order valence-corrected chi connectivity index (χ1v) is 5.98. The van der Waals surface area contributed by atoms with E-state index >= 15 is 0 Å². The molecular weight excluding hydrogens is 261 g/mol. The number of halogens is 1. The van der Waals surface area contributed by atoms with E-state index in [9.17, 15) is 14.3 Å². The zero-order valence-electron chi connectivity index (χ0n) is 10.8. The van der Waals surface area contributed by atoms with Crippen LogP contribution in [0.3, 0.4) is 0 Å². The molecule has 0 aliphatic carbocycles. The van der Waals surface area contributed by atoms with Crippen LogP contribution in [0.4, 0.5) is 10.2 Å². The molecule has 0 bridgehead atoms. The summed E-state index contributed by atoms with van der Waals surface area (Å²) in [5, 5.41) is 12.6. The van der Waals surface area contributed by atoms with E-state index in [1.54, 1.807) is 19.1 Å². The maximum absolute atomic E-state index is 12.8. The monoisotopic (exact) mass is 275 g/mol. The van der Waals surface area contributed by atoms with Crippen LogP contribution in [0, 0.1) is 5.82 Å². The van der Waals surface area contributed by atoms with Gasteiger partial charge in [0.25, 0.3) is 0 Å². The molecule has 0 aliphatic rings. The molecule has 0 saturated heterocycles. The summed E-state index contributed by atoms with van der Waals surface area (Å²) in [5.74, 6) is -0.824. The number of anilines is 1. The number of nitrogens with one attached hydrogen (secondary N) is 1. The minimum Gasteiger partial charge on any atom is -0.504 e. The van der Waals surface area contributed by atoms with Crippen LogP contribution in [0.15, 0.2) is 36.5 Å². The Bertz CT molecular complexity index is 629. The maximum Gasteiger partial charge on any atom is 0.239 e. The van der Waals surface area contributed by atoms with Gasteiger partial charge in [0.15, 0.2) is 11.6 Å². The summed E-state index contributed by atoms with van der Waals surface area (Å²) in [6.07, 6.45) is 1.52. The molecule has 1 unspecified atom stereocenters. The van der Waals surface area contributed by atoms with Crippen LogP contribution in [0.1, 0.15) is 6.92 Å². The molecule has 1 atom stereocenters. The second-order valence-electron chi connectivity index (χ2n) is 4.37. The highest BCUT2D eigenvalue weighted by Gasteiger charge is 2.12. The van der Waals surface area contributed by atoms with E-state index in [1.165, 1.54) is 24.4 Å². The van der Waals surface area contributed by atoms with Gasteiger partial charge < -0.3 is 16.2 Å². The molecule has 4 N–H and O–H groups in total. The summed E-state index contributed by atoms with van der Waals surface area (Å²) >= 11 is 0. The Labute approximate surface area is 115 Å². The highest BCUT2D eigenvalue weighted by Crippen LogP contribution is 2.28. The molecule has 1 aromatic carbocycles. The van der Waals surface area contributed by atoms with Crippen LogP contribution in [0.2, 0.25) is 0 Å². The van der Waals surface area contributed by atoms with E-state index in [-0.39, 0.29) is 17.4 Å². The van der Waals surface area contributed by atoms with Gasteiger partial charge in [-0.15, -0.1) is 0 Å². The van der Waals surface area contributed by atoms with Gasteiger partial charge in [0, 0.05) is 11.8 Å². The Balaban J connectivity index is 2.25. The fraction of sp³-hybridized carbons (Fsp3) is 0.143. The Morgan fingerprint density at radius 2 is 2.00 bits per heavy atom. The van der Waals surface area contributed by atoms with Crippen molar-refractivity contribution in [2.45, 2.75) is 13.0 Å². The van der Waals surface area contributed by atoms with Crippen LogP contribution < -0.4 is 11.1 Å². The Morgan fingerprint density at radius 3 is 2.55 bits per heavy atom. The number of carbonyl (C=O) groups is 1. The van der Waals surface area contributed by atoms with Crippen LogP contribution in [-0.2, 0) is 4.79 Å². The molecule has 0 fully saturated rings. The number of hydrogen-bond acceptors (Lipinski definition) is 4. The minimum absolute atomic E-state index is 0.111. The van der Waals surface area contributed by atoms with Gasteiger partial charge in [-0.2, -0.15) is 0 Å². The second-order valence-corrected chi connectivity index (χ2v) is 4.37. The van der Waals surface area contributed by atoms with Crippen LogP contribution in [0.5, 0.6) is 5.75 Å². The number of nitrogens with two attached hydrogens (primary N) is 1. The molecule has 0 radical (unpaired) electrons. The van der Waals surface area contributed by atoms with Crippen LogP contribution >= 0.6 is 0 Å². The van der Waals surface area contributed by atoms with Crippen molar-refractivity contribution in [1.82, 2.24) is 4.98 Å². The molecule has 5 nitrogen and oxygen atoms in total. The van der Waals surface area contributed by atoms with Gasteiger partial charge in [-0.3, -0.25) is 4.79 Å². The summed E-state index contributed by atoms with van der Waals surface area (Å²) < 4.78 is 12.8. The van der Waals surface area contributed by atoms with Crippen molar-refractivity contribution in [3.8, 4) is 16.9 Å². The fourth-order valence-electron chi connectivity index (χ4n) is 1.64. The molecule has 104 valence electrons. The molecule has 2 aromatic rings. The lowest BCUT2D eigenvalue weighted by atomic mass is 10.1. The zero-order valence-corrected chi connectivity index (χ0v) is 10.8. The number of hydrogen-bond donors (Lipinski definition) is 3. The predicted octanol–water partition coefficient (Wildman–Crippen LogP) is 1.88. The molecule has 1 amide bonds. The van der Waals surface area contributed by atoms with Gasteiger partial charge in [-0.25, -0.2) is 9.37 Å². The Morgan fingerprint density at radius 1 is 1.35 bits per heavy atom. The standard InChI is InChI=1S/C14H14FN3O2/c1-8(13(16)20)18-14-12(19)6-10(7-17-14)9-2-4-11(15)5-3-9/h2-8,19H,1H3,(H2,16,20)(H,17,18). The molecule has 1 aromatic heterocycles. The van der Waals surface area contributed by atoms with E-state index in [0.29, 0.717) is 5.56 Å². The molecule has 1 heterocycles. The van der Waals surface area contributed by atoms with Crippen LogP contribution in [-0.4, -0.2) is 22.0 Å². The molecule has 20 heavy (non-hydrogen) atoms. The second kappa shape index (κ2) is 5.56. The first-order chi connectivity index (χ1) is 9.47. The smallest absolute Gasteiger partial charge is 0.239 e. The number of benzene rings is 1. The van der Waals surface area contributed by atoms with Crippen molar-refractivity contribution in [3.05, 3.63) is 42.3 Å². The molecule has 0 saturated carbocycles. The normalized spacial score (nSPS) is 11.9. The van der Waals surface area contributed by atoms with Crippen molar-refractivity contribution < 1.29 is 14.3 Å². The van der Waals surface area contributed by atoms with Crippen molar-refractivity contribution >= 4 is 11.7 Å².